The van der Waals surface area contributed by atoms with Crippen molar-refractivity contribution >= 4 is 12.1 Å². The van der Waals surface area contributed by atoms with Gasteiger partial charge in [-0.25, -0.2) is 5.43 Å². The number of fused-ring (bicyclic) bond motifs is 4. The highest BCUT2D eigenvalue weighted by Crippen LogP contribution is 2.36. The van der Waals surface area contributed by atoms with E-state index in [2.05, 4.69) is 21.5 Å². The summed E-state index contributed by atoms with van der Waals surface area (Å²) in [5, 5.41) is 23.3. The van der Waals surface area contributed by atoms with Crippen LogP contribution in [-0.2, 0) is 13.1 Å². The Hall–Kier alpha value is -4.11. The smallest absolute Gasteiger partial charge is 0.275 e. The molecular weight excluding hydrogens is 472 g/mol. The SMILES string of the molecule is CCOc1ccc(/C=N/NC(=O)c2ccc(O)cc2O)cc1CN1CC2CC(C1)c1cccc(=O)n1C2. The van der Waals surface area contributed by atoms with Crippen LogP contribution in [0, 0.1) is 5.92 Å². The average Bonchev–Trinajstić information content (AvgIpc) is 2.86. The van der Waals surface area contributed by atoms with Gasteiger partial charge in [-0.2, -0.15) is 5.10 Å². The number of hydrazone groups is 1. The molecule has 1 aromatic heterocycles. The van der Waals surface area contributed by atoms with Crippen LogP contribution in [0.4, 0.5) is 0 Å². The summed E-state index contributed by atoms with van der Waals surface area (Å²) in [6.07, 6.45) is 2.64. The predicted molar refractivity (Wildman–Crippen MR) is 139 cm³/mol. The van der Waals surface area contributed by atoms with Crippen LogP contribution in [0.15, 0.2) is 64.5 Å². The third-order valence-corrected chi connectivity index (χ3v) is 6.94. The first-order valence-electron chi connectivity index (χ1n) is 12.4. The average molecular weight is 503 g/mol. The van der Waals surface area contributed by atoms with Crippen molar-refractivity contribution in [2.45, 2.75) is 32.4 Å². The standard InChI is InChI=1S/C28H30N4O5/c1-2-37-26-9-6-18(13-29-30-28(36)23-8-7-22(33)12-25(23)34)10-21(26)17-31-14-19-11-20(16-31)24-4-3-5-27(35)32(24)15-19/h3-10,12-13,19-20,33-34H,2,11,14-17H2,1H3,(H,30,36)/b29-13+. The van der Waals surface area contributed by atoms with Gasteiger partial charge in [0.15, 0.2) is 0 Å². The number of amides is 1. The highest BCUT2D eigenvalue weighted by atomic mass is 16.5. The minimum atomic E-state index is -0.584. The Labute approximate surface area is 214 Å². The molecule has 2 aliphatic heterocycles. The number of aromatic hydroxyl groups is 2. The van der Waals surface area contributed by atoms with Crippen LogP contribution in [-0.4, -0.2) is 51.5 Å². The summed E-state index contributed by atoms with van der Waals surface area (Å²) < 4.78 is 7.82. The lowest BCUT2D eigenvalue weighted by Gasteiger charge is -2.43. The molecule has 2 bridgehead atoms. The molecule has 3 N–H and O–H groups in total. The summed E-state index contributed by atoms with van der Waals surface area (Å²) in [6.45, 7) is 5.74. The van der Waals surface area contributed by atoms with Crippen LogP contribution >= 0.6 is 0 Å². The zero-order valence-electron chi connectivity index (χ0n) is 20.6. The summed E-state index contributed by atoms with van der Waals surface area (Å²) in [6, 6.07) is 15.1. The van der Waals surface area contributed by atoms with Crippen molar-refractivity contribution in [3.63, 3.8) is 0 Å². The molecule has 2 aromatic carbocycles. The highest BCUT2D eigenvalue weighted by Gasteiger charge is 2.34. The third kappa shape index (κ3) is 5.36. The molecule has 1 saturated heterocycles. The van der Waals surface area contributed by atoms with Crippen LogP contribution in [0.25, 0.3) is 0 Å². The first-order valence-corrected chi connectivity index (χ1v) is 12.4. The molecular formula is C28H30N4O5. The lowest BCUT2D eigenvalue weighted by molar-refractivity contribution is 0.0952. The number of rotatable bonds is 7. The Kier molecular flexibility index (Phi) is 6.96. The number of likely N-dealkylation sites (tertiary alicyclic amines) is 1. The summed E-state index contributed by atoms with van der Waals surface area (Å²) in [5.41, 5.74) is 5.45. The highest BCUT2D eigenvalue weighted by molar-refractivity contribution is 5.97. The van der Waals surface area contributed by atoms with E-state index in [9.17, 15) is 19.8 Å². The molecule has 3 aromatic rings. The predicted octanol–water partition coefficient (Wildman–Crippen LogP) is 3.04. The monoisotopic (exact) mass is 502 g/mol. The Balaban J connectivity index is 1.30. The summed E-state index contributed by atoms with van der Waals surface area (Å²) in [4.78, 5) is 27.1. The van der Waals surface area contributed by atoms with E-state index in [0.29, 0.717) is 25.0 Å². The number of carbonyl (C=O) groups excluding carboxylic acids is 1. The number of carbonyl (C=O) groups is 1. The molecule has 192 valence electrons. The molecule has 2 aliphatic rings. The molecule has 2 atom stereocenters. The van der Waals surface area contributed by atoms with Gasteiger partial charge in [-0.05, 0) is 61.2 Å². The summed E-state index contributed by atoms with van der Waals surface area (Å²) in [7, 11) is 0. The maximum absolute atomic E-state index is 12.3. The van der Waals surface area contributed by atoms with E-state index in [4.69, 9.17) is 4.74 Å². The third-order valence-electron chi connectivity index (χ3n) is 6.94. The van der Waals surface area contributed by atoms with Crippen LogP contribution in [0.1, 0.15) is 46.4 Å². The number of phenols is 2. The van der Waals surface area contributed by atoms with E-state index >= 15 is 0 Å². The fraction of sp³-hybridized carbons (Fsp3) is 0.321. The van der Waals surface area contributed by atoms with Crippen molar-refractivity contribution < 1.29 is 19.7 Å². The molecule has 0 saturated carbocycles. The number of piperidine rings is 1. The van der Waals surface area contributed by atoms with Crippen molar-refractivity contribution in [2.24, 2.45) is 11.0 Å². The molecule has 2 unspecified atom stereocenters. The molecule has 1 amide bonds. The maximum Gasteiger partial charge on any atom is 0.275 e. The van der Waals surface area contributed by atoms with Gasteiger partial charge in [0, 0.05) is 55.5 Å². The van der Waals surface area contributed by atoms with Crippen molar-refractivity contribution in [1.82, 2.24) is 14.9 Å². The van der Waals surface area contributed by atoms with Gasteiger partial charge in [0.25, 0.3) is 11.5 Å². The second kappa shape index (κ2) is 10.5. The number of nitrogens with zero attached hydrogens (tertiary/aromatic N) is 3. The van der Waals surface area contributed by atoms with E-state index < -0.39 is 5.91 Å². The van der Waals surface area contributed by atoms with Gasteiger partial charge in [-0.15, -0.1) is 0 Å². The maximum atomic E-state index is 12.3. The van der Waals surface area contributed by atoms with E-state index in [-0.39, 0.29) is 22.6 Å². The summed E-state index contributed by atoms with van der Waals surface area (Å²) >= 11 is 0. The van der Waals surface area contributed by atoms with Gasteiger partial charge in [0.05, 0.1) is 18.4 Å². The van der Waals surface area contributed by atoms with Gasteiger partial charge in [0.2, 0.25) is 0 Å². The number of pyridine rings is 1. The molecule has 3 heterocycles. The van der Waals surface area contributed by atoms with Gasteiger partial charge in [-0.1, -0.05) is 6.07 Å². The number of ether oxygens (including phenoxy) is 1. The minimum absolute atomic E-state index is 0.0156. The normalized spacial score (nSPS) is 18.9. The minimum Gasteiger partial charge on any atom is -0.508 e. The van der Waals surface area contributed by atoms with Crippen molar-refractivity contribution in [3.05, 3.63) is 87.3 Å². The van der Waals surface area contributed by atoms with Crippen LogP contribution in [0.5, 0.6) is 17.2 Å². The molecule has 5 rings (SSSR count). The number of aromatic nitrogens is 1. The van der Waals surface area contributed by atoms with Crippen molar-refractivity contribution in [2.75, 3.05) is 19.7 Å². The van der Waals surface area contributed by atoms with Crippen LogP contribution in [0.3, 0.4) is 0 Å². The molecule has 0 aliphatic carbocycles. The number of nitrogens with one attached hydrogen (secondary N) is 1. The molecule has 1 fully saturated rings. The molecule has 9 heteroatoms. The van der Waals surface area contributed by atoms with Gasteiger partial charge >= 0.3 is 0 Å². The van der Waals surface area contributed by atoms with Crippen LogP contribution in [0.2, 0.25) is 0 Å². The zero-order chi connectivity index (χ0) is 25.9. The van der Waals surface area contributed by atoms with Gasteiger partial charge in [0.1, 0.15) is 17.2 Å². The Bertz CT molecular complexity index is 1400. The number of phenolic OH excluding ortho intramolecular Hbond substituents is 2. The topological polar surface area (TPSA) is 116 Å². The van der Waals surface area contributed by atoms with E-state index in [1.807, 2.05) is 35.8 Å². The van der Waals surface area contributed by atoms with Crippen molar-refractivity contribution in [3.8, 4) is 17.2 Å². The van der Waals surface area contributed by atoms with E-state index in [1.54, 1.807) is 12.3 Å². The zero-order valence-corrected chi connectivity index (χ0v) is 20.6. The lowest BCUT2D eigenvalue weighted by atomic mass is 9.83. The van der Waals surface area contributed by atoms with Gasteiger partial charge in [-0.3, -0.25) is 14.5 Å². The van der Waals surface area contributed by atoms with Crippen LogP contribution < -0.4 is 15.7 Å². The number of hydrogen-bond acceptors (Lipinski definition) is 7. The largest absolute Gasteiger partial charge is 0.508 e. The second-order valence-corrected chi connectivity index (χ2v) is 9.59. The number of hydrogen-bond donors (Lipinski definition) is 3. The fourth-order valence-electron chi connectivity index (χ4n) is 5.40. The number of benzene rings is 2. The second-order valence-electron chi connectivity index (χ2n) is 9.59. The quantitative estimate of drug-likeness (QED) is 0.338. The Morgan fingerprint density at radius 3 is 2.81 bits per heavy atom. The Morgan fingerprint density at radius 2 is 2.00 bits per heavy atom. The first kappa shape index (κ1) is 24.6. The molecule has 9 nitrogen and oxygen atoms in total. The fourth-order valence-corrected chi connectivity index (χ4v) is 5.40. The lowest BCUT2D eigenvalue weighted by Crippen LogP contribution is -2.46. The molecule has 0 spiro atoms. The Morgan fingerprint density at radius 1 is 1.14 bits per heavy atom. The van der Waals surface area contributed by atoms with E-state index in [1.165, 1.54) is 12.1 Å². The van der Waals surface area contributed by atoms with Crippen molar-refractivity contribution in [1.29, 1.82) is 0 Å². The summed E-state index contributed by atoms with van der Waals surface area (Å²) in [5.74, 6) is 0.528. The molecule has 0 radical (unpaired) electrons. The molecule has 37 heavy (non-hydrogen) atoms. The van der Waals surface area contributed by atoms with Gasteiger partial charge < -0.3 is 19.5 Å². The van der Waals surface area contributed by atoms with E-state index in [0.717, 1.165) is 54.7 Å². The first-order chi connectivity index (χ1) is 17.9.